The fourth-order valence-corrected chi connectivity index (χ4v) is 2.03. The number of benzene rings is 2. The van der Waals surface area contributed by atoms with Gasteiger partial charge in [-0.2, -0.15) is 8.78 Å². The van der Waals surface area contributed by atoms with E-state index in [2.05, 4.69) is 9.73 Å². The summed E-state index contributed by atoms with van der Waals surface area (Å²) < 4.78 is 46.4. The van der Waals surface area contributed by atoms with E-state index in [-0.39, 0.29) is 17.3 Å². The highest BCUT2D eigenvalue weighted by Crippen LogP contribution is 2.21. The average molecular weight is 333 g/mol. The summed E-state index contributed by atoms with van der Waals surface area (Å²) >= 11 is 0. The van der Waals surface area contributed by atoms with Gasteiger partial charge >= 0.3 is 12.6 Å². The van der Waals surface area contributed by atoms with Crippen LogP contribution in [0.2, 0.25) is 0 Å². The molecule has 1 heterocycles. The molecule has 7 heteroatoms. The van der Waals surface area contributed by atoms with Gasteiger partial charge in [-0.15, -0.1) is 0 Å². The Balaban J connectivity index is 1.81. The van der Waals surface area contributed by atoms with Crippen molar-refractivity contribution < 1.29 is 27.4 Å². The number of alkyl halides is 2. The third-order valence-corrected chi connectivity index (χ3v) is 3.12. The molecule has 1 aliphatic rings. The Morgan fingerprint density at radius 1 is 1.04 bits per heavy atom. The lowest BCUT2D eigenvalue weighted by molar-refractivity contribution is -0.129. The molecule has 0 saturated heterocycles. The first kappa shape index (κ1) is 15.8. The Morgan fingerprint density at radius 2 is 1.71 bits per heavy atom. The van der Waals surface area contributed by atoms with Gasteiger partial charge in [0.05, 0.1) is 0 Å². The maximum absolute atomic E-state index is 12.9. The summed E-state index contributed by atoms with van der Waals surface area (Å²) in [4.78, 5) is 15.9. The van der Waals surface area contributed by atoms with E-state index in [0.29, 0.717) is 11.1 Å². The van der Waals surface area contributed by atoms with E-state index < -0.39 is 18.4 Å². The van der Waals surface area contributed by atoms with Gasteiger partial charge in [0.2, 0.25) is 5.90 Å². The maximum Gasteiger partial charge on any atom is 0.387 e. The molecule has 0 amide bonds. The molecular weight excluding hydrogens is 323 g/mol. The standard InChI is InChI=1S/C17H10F3NO3/c18-12-5-3-11(4-6-12)15-21-14(16(22)24-15)9-10-1-7-13(8-2-10)23-17(19)20/h1-9,17H. The summed E-state index contributed by atoms with van der Waals surface area (Å²) in [6.07, 6.45) is 1.45. The van der Waals surface area contributed by atoms with Crippen LogP contribution >= 0.6 is 0 Å². The summed E-state index contributed by atoms with van der Waals surface area (Å²) in [6.45, 7) is -2.90. The molecular formula is C17H10F3NO3. The number of rotatable bonds is 4. The Labute approximate surface area is 134 Å². The molecule has 0 unspecified atom stereocenters. The second-order valence-corrected chi connectivity index (χ2v) is 4.79. The summed E-state index contributed by atoms with van der Waals surface area (Å²) in [5.74, 6) is -0.978. The van der Waals surface area contributed by atoms with Crippen molar-refractivity contribution in [1.29, 1.82) is 0 Å². The quantitative estimate of drug-likeness (QED) is 0.632. The lowest BCUT2D eigenvalue weighted by Crippen LogP contribution is -2.05. The van der Waals surface area contributed by atoms with Gasteiger partial charge in [0.25, 0.3) is 0 Å². The zero-order chi connectivity index (χ0) is 17.1. The number of hydrogen-bond donors (Lipinski definition) is 0. The monoisotopic (exact) mass is 333 g/mol. The Hall–Kier alpha value is -3.09. The minimum atomic E-state index is -2.90. The summed E-state index contributed by atoms with van der Waals surface area (Å²) in [7, 11) is 0. The lowest BCUT2D eigenvalue weighted by atomic mass is 10.2. The third kappa shape index (κ3) is 3.62. The molecule has 0 aliphatic carbocycles. The topological polar surface area (TPSA) is 47.9 Å². The maximum atomic E-state index is 12.9. The predicted molar refractivity (Wildman–Crippen MR) is 80.1 cm³/mol. The number of aliphatic imine (C=N–C) groups is 1. The van der Waals surface area contributed by atoms with Crippen molar-refractivity contribution in [3.05, 3.63) is 71.2 Å². The molecule has 0 aromatic heterocycles. The molecule has 0 bridgehead atoms. The molecule has 0 atom stereocenters. The van der Waals surface area contributed by atoms with Crippen LogP contribution in [0, 0.1) is 5.82 Å². The predicted octanol–water partition coefficient (Wildman–Crippen LogP) is 3.77. The minimum absolute atomic E-state index is 0.0108. The highest BCUT2D eigenvalue weighted by molar-refractivity contribution is 6.12. The molecule has 0 fully saturated rings. The van der Waals surface area contributed by atoms with Gasteiger partial charge in [-0.05, 0) is 48.0 Å². The number of cyclic esters (lactones) is 1. The average Bonchev–Trinajstić information content (AvgIpc) is 2.90. The van der Waals surface area contributed by atoms with Crippen molar-refractivity contribution in [2.24, 2.45) is 4.99 Å². The second kappa shape index (κ2) is 6.57. The summed E-state index contributed by atoms with van der Waals surface area (Å²) in [6, 6.07) is 11.1. The van der Waals surface area contributed by atoms with E-state index in [1.54, 1.807) is 0 Å². The van der Waals surface area contributed by atoms with Crippen molar-refractivity contribution >= 4 is 17.9 Å². The summed E-state index contributed by atoms with van der Waals surface area (Å²) in [5.41, 5.74) is 1.08. The molecule has 122 valence electrons. The Kier molecular flexibility index (Phi) is 4.33. The van der Waals surface area contributed by atoms with E-state index in [0.717, 1.165) is 0 Å². The van der Waals surface area contributed by atoms with Gasteiger partial charge in [0, 0.05) is 5.56 Å². The van der Waals surface area contributed by atoms with Crippen LogP contribution in [0.3, 0.4) is 0 Å². The van der Waals surface area contributed by atoms with Crippen molar-refractivity contribution in [2.45, 2.75) is 6.61 Å². The molecule has 0 saturated carbocycles. The molecule has 24 heavy (non-hydrogen) atoms. The number of carbonyl (C=O) groups excluding carboxylic acids is 1. The fraction of sp³-hybridized carbons (Fsp3) is 0.0588. The van der Waals surface area contributed by atoms with Crippen LogP contribution in [0.25, 0.3) is 6.08 Å². The van der Waals surface area contributed by atoms with Crippen molar-refractivity contribution in [2.75, 3.05) is 0 Å². The van der Waals surface area contributed by atoms with Crippen LogP contribution in [0.15, 0.2) is 59.2 Å². The number of hydrogen-bond acceptors (Lipinski definition) is 4. The highest BCUT2D eigenvalue weighted by Gasteiger charge is 2.24. The molecule has 4 nitrogen and oxygen atoms in total. The van der Waals surface area contributed by atoms with Crippen LogP contribution in [-0.2, 0) is 9.53 Å². The van der Waals surface area contributed by atoms with Crippen molar-refractivity contribution in [1.82, 2.24) is 0 Å². The Bertz CT molecular complexity index is 812. The van der Waals surface area contributed by atoms with Gasteiger partial charge in [0.15, 0.2) is 5.70 Å². The van der Waals surface area contributed by atoms with E-state index in [1.165, 1.54) is 54.6 Å². The van der Waals surface area contributed by atoms with E-state index in [4.69, 9.17) is 4.74 Å². The largest absolute Gasteiger partial charge is 0.435 e. The normalized spacial score (nSPS) is 15.6. The number of carbonyl (C=O) groups is 1. The highest BCUT2D eigenvalue weighted by atomic mass is 19.3. The second-order valence-electron chi connectivity index (χ2n) is 4.79. The smallest absolute Gasteiger partial charge is 0.387 e. The number of halogens is 3. The number of nitrogens with zero attached hydrogens (tertiary/aromatic N) is 1. The Morgan fingerprint density at radius 3 is 2.33 bits per heavy atom. The first-order valence-electron chi connectivity index (χ1n) is 6.84. The van der Waals surface area contributed by atoms with Crippen LogP contribution in [0.5, 0.6) is 5.75 Å². The molecule has 0 N–H and O–H groups in total. The molecule has 1 aliphatic heterocycles. The molecule has 2 aromatic rings. The van der Waals surface area contributed by atoms with Gasteiger partial charge in [0.1, 0.15) is 11.6 Å². The van der Waals surface area contributed by atoms with E-state index >= 15 is 0 Å². The summed E-state index contributed by atoms with van der Waals surface area (Å²) in [5, 5.41) is 0. The zero-order valence-corrected chi connectivity index (χ0v) is 12.1. The SMILES string of the molecule is O=C1OC(c2ccc(F)cc2)=NC1=Cc1ccc(OC(F)F)cc1. The van der Waals surface area contributed by atoms with Crippen molar-refractivity contribution in [3.63, 3.8) is 0 Å². The van der Waals surface area contributed by atoms with Crippen LogP contribution in [0.1, 0.15) is 11.1 Å². The van der Waals surface area contributed by atoms with E-state index in [1.807, 2.05) is 0 Å². The van der Waals surface area contributed by atoms with Crippen LogP contribution in [0.4, 0.5) is 13.2 Å². The molecule has 3 rings (SSSR count). The van der Waals surface area contributed by atoms with Crippen LogP contribution in [-0.4, -0.2) is 18.5 Å². The minimum Gasteiger partial charge on any atom is -0.435 e. The first-order valence-corrected chi connectivity index (χ1v) is 6.84. The van der Waals surface area contributed by atoms with Gasteiger partial charge in [-0.1, -0.05) is 12.1 Å². The number of ether oxygens (including phenoxy) is 2. The molecule has 0 spiro atoms. The third-order valence-electron chi connectivity index (χ3n) is 3.12. The van der Waals surface area contributed by atoms with E-state index in [9.17, 15) is 18.0 Å². The molecule has 0 radical (unpaired) electrons. The first-order chi connectivity index (χ1) is 11.5. The fourth-order valence-electron chi connectivity index (χ4n) is 2.03. The van der Waals surface area contributed by atoms with Gasteiger partial charge < -0.3 is 9.47 Å². The van der Waals surface area contributed by atoms with Gasteiger partial charge in [-0.25, -0.2) is 14.2 Å². The lowest BCUT2D eigenvalue weighted by Gasteiger charge is -2.03. The van der Waals surface area contributed by atoms with Gasteiger partial charge in [-0.3, -0.25) is 0 Å². The zero-order valence-electron chi connectivity index (χ0n) is 12.1. The number of esters is 1. The van der Waals surface area contributed by atoms with Crippen LogP contribution < -0.4 is 4.74 Å². The van der Waals surface area contributed by atoms with Crippen molar-refractivity contribution in [3.8, 4) is 5.75 Å². The molecule has 2 aromatic carbocycles.